The number of hydrogen-bond acceptors (Lipinski definition) is 3. The third-order valence-electron chi connectivity index (χ3n) is 6.50. The van der Waals surface area contributed by atoms with E-state index in [1.807, 2.05) is 67.6 Å². The lowest BCUT2D eigenvalue weighted by molar-refractivity contribution is -0.137. The normalized spacial score (nSPS) is 16.8. The highest BCUT2D eigenvalue weighted by molar-refractivity contribution is 6.30. The van der Waals surface area contributed by atoms with Gasteiger partial charge in [-0.25, -0.2) is 0 Å². The maximum Gasteiger partial charge on any atom is 0.323 e. The van der Waals surface area contributed by atoms with Gasteiger partial charge in [0, 0.05) is 30.0 Å². The minimum Gasteiger partial charge on any atom is -0.487 e. The quantitative estimate of drug-likeness (QED) is 0.409. The molecule has 188 valence electrons. The van der Waals surface area contributed by atoms with Gasteiger partial charge < -0.3 is 14.7 Å². The number of aliphatic carboxylic acids is 1. The molecule has 1 heterocycles. The summed E-state index contributed by atoms with van der Waals surface area (Å²) in [4.78, 5) is 26.3. The molecule has 0 aromatic heterocycles. The summed E-state index contributed by atoms with van der Waals surface area (Å²) in [6.45, 7) is 8.31. The Bertz CT molecular complexity index is 1280. The zero-order chi connectivity index (χ0) is 26.1. The number of nitrogens with zero attached hydrogens (tertiary/aromatic N) is 1. The van der Waals surface area contributed by atoms with Gasteiger partial charge in [-0.1, -0.05) is 68.8 Å². The topological polar surface area (TPSA) is 66.8 Å². The van der Waals surface area contributed by atoms with E-state index in [2.05, 4.69) is 20.8 Å². The number of carboxylic acids is 1. The van der Waals surface area contributed by atoms with Gasteiger partial charge in [-0.2, -0.15) is 0 Å². The van der Waals surface area contributed by atoms with Crippen LogP contribution in [0.4, 0.5) is 0 Å². The van der Waals surface area contributed by atoms with Crippen LogP contribution in [0.2, 0.25) is 5.02 Å². The molecular weight excluding hydrogens is 474 g/mol. The molecule has 3 aromatic carbocycles. The fourth-order valence-corrected chi connectivity index (χ4v) is 4.92. The number of fused-ring (bicyclic) bond motifs is 1. The second-order valence-electron chi connectivity index (χ2n) is 10.9. The van der Waals surface area contributed by atoms with E-state index < -0.39 is 11.6 Å². The Morgan fingerprint density at radius 2 is 1.75 bits per heavy atom. The Hall–Kier alpha value is -3.31. The lowest BCUT2D eigenvalue weighted by Crippen LogP contribution is -2.35. The fourth-order valence-electron chi connectivity index (χ4n) is 4.71. The van der Waals surface area contributed by atoms with Crippen molar-refractivity contribution in [3.63, 3.8) is 0 Å². The van der Waals surface area contributed by atoms with Crippen LogP contribution >= 0.6 is 11.6 Å². The van der Waals surface area contributed by atoms with E-state index in [-0.39, 0.29) is 24.4 Å². The number of benzene rings is 3. The van der Waals surface area contributed by atoms with Gasteiger partial charge in [-0.15, -0.1) is 0 Å². The van der Waals surface area contributed by atoms with Gasteiger partial charge in [0.05, 0.1) is 0 Å². The van der Waals surface area contributed by atoms with Crippen molar-refractivity contribution in [3.05, 3.63) is 99.6 Å². The summed E-state index contributed by atoms with van der Waals surface area (Å²) in [6, 6.07) is 21.1. The van der Waals surface area contributed by atoms with E-state index in [9.17, 15) is 14.7 Å². The third-order valence-corrected chi connectivity index (χ3v) is 6.74. The van der Waals surface area contributed by atoms with Crippen LogP contribution in [-0.4, -0.2) is 34.0 Å². The molecule has 1 amide bonds. The highest BCUT2D eigenvalue weighted by atomic mass is 35.5. The van der Waals surface area contributed by atoms with Gasteiger partial charge in [-0.05, 0) is 64.9 Å². The Labute approximate surface area is 217 Å². The Balaban J connectivity index is 1.52. The van der Waals surface area contributed by atoms with E-state index in [1.54, 1.807) is 6.07 Å². The lowest BCUT2D eigenvalue weighted by atomic mass is 9.87. The molecule has 6 heteroatoms. The average molecular weight is 506 g/mol. The number of halogens is 1. The molecule has 0 radical (unpaired) electrons. The molecule has 1 N–H and O–H groups in total. The minimum atomic E-state index is -1.05. The second kappa shape index (κ2) is 9.98. The van der Waals surface area contributed by atoms with Crippen LogP contribution in [0.3, 0.4) is 0 Å². The summed E-state index contributed by atoms with van der Waals surface area (Å²) in [6.07, 6.45) is 1.32. The van der Waals surface area contributed by atoms with Gasteiger partial charge in [0.1, 0.15) is 17.9 Å². The molecule has 1 aliphatic heterocycles. The molecule has 1 atom stereocenters. The van der Waals surface area contributed by atoms with Crippen LogP contribution in [0.5, 0.6) is 5.75 Å². The Morgan fingerprint density at radius 1 is 1.03 bits per heavy atom. The first-order valence-electron chi connectivity index (χ1n) is 12.1. The first kappa shape index (κ1) is 25.8. The second-order valence-corrected chi connectivity index (χ2v) is 11.3. The van der Waals surface area contributed by atoms with Crippen LogP contribution in [0, 0.1) is 0 Å². The van der Waals surface area contributed by atoms with Crippen LogP contribution in [0.25, 0.3) is 0 Å². The van der Waals surface area contributed by atoms with Crippen LogP contribution in [0.15, 0.2) is 66.7 Å². The summed E-state index contributed by atoms with van der Waals surface area (Å²) < 4.78 is 6.27. The van der Waals surface area contributed by atoms with Crippen molar-refractivity contribution in [3.8, 4) is 5.75 Å². The molecule has 1 aliphatic rings. The van der Waals surface area contributed by atoms with Crippen LogP contribution < -0.4 is 4.74 Å². The van der Waals surface area contributed by atoms with E-state index in [4.69, 9.17) is 16.3 Å². The summed E-state index contributed by atoms with van der Waals surface area (Å²) in [5.41, 5.74) is 4.11. The molecule has 0 unspecified atom stereocenters. The van der Waals surface area contributed by atoms with Crippen molar-refractivity contribution in [2.24, 2.45) is 0 Å². The number of amides is 1. The van der Waals surface area contributed by atoms with Gasteiger partial charge in [0.25, 0.3) is 5.91 Å². The van der Waals surface area contributed by atoms with Crippen molar-refractivity contribution in [1.29, 1.82) is 0 Å². The number of hydrogen-bond donors (Lipinski definition) is 1. The molecule has 0 spiro atoms. The monoisotopic (exact) mass is 505 g/mol. The number of carboxylic acid groups (broad SMARTS) is 1. The van der Waals surface area contributed by atoms with Crippen molar-refractivity contribution in [1.82, 2.24) is 4.90 Å². The SMILES string of the molecule is CC(C)(C)c1ccc(CN(CC(=O)O)C(=O)c2ccc3c(c2)C[C@](C)(Cc2cccc(Cl)c2)O3)cc1. The molecule has 0 aliphatic carbocycles. The smallest absolute Gasteiger partial charge is 0.323 e. The van der Waals surface area contributed by atoms with Crippen molar-refractivity contribution in [2.75, 3.05) is 6.54 Å². The molecule has 3 aromatic rings. The minimum absolute atomic E-state index is 0.0167. The average Bonchev–Trinajstić information content (AvgIpc) is 3.12. The molecule has 0 saturated carbocycles. The lowest BCUT2D eigenvalue weighted by Gasteiger charge is -2.24. The molecule has 0 saturated heterocycles. The van der Waals surface area contributed by atoms with Crippen LogP contribution in [0.1, 0.15) is 60.3 Å². The zero-order valence-electron chi connectivity index (χ0n) is 21.2. The zero-order valence-corrected chi connectivity index (χ0v) is 21.9. The van der Waals surface area contributed by atoms with Gasteiger partial charge in [0.15, 0.2) is 0 Å². The fraction of sp³-hybridized carbons (Fsp3) is 0.333. The summed E-state index contributed by atoms with van der Waals surface area (Å²) in [5.74, 6) is -0.615. The first-order valence-corrected chi connectivity index (χ1v) is 12.5. The molecule has 0 bridgehead atoms. The third kappa shape index (κ3) is 6.08. The highest BCUT2D eigenvalue weighted by Crippen LogP contribution is 2.38. The van der Waals surface area contributed by atoms with E-state index in [0.29, 0.717) is 23.4 Å². The summed E-state index contributed by atoms with van der Waals surface area (Å²) >= 11 is 6.15. The standard InChI is InChI=1S/C30H32ClNO4/c1-29(2,3)24-11-8-20(9-12-24)18-32(19-27(33)34)28(35)22-10-13-26-23(15-22)17-30(4,36-26)16-21-6-5-7-25(31)14-21/h5-15H,16-19H2,1-4H3,(H,33,34)/t30-/m0/s1. The van der Waals surface area contributed by atoms with Gasteiger partial charge >= 0.3 is 5.97 Å². The molecule has 0 fully saturated rings. The van der Waals surface area contributed by atoms with E-state index >= 15 is 0 Å². The summed E-state index contributed by atoms with van der Waals surface area (Å²) in [7, 11) is 0. The number of rotatable bonds is 7. The summed E-state index contributed by atoms with van der Waals surface area (Å²) in [5, 5.41) is 10.2. The maximum absolute atomic E-state index is 13.4. The first-order chi connectivity index (χ1) is 16.9. The van der Waals surface area contributed by atoms with E-state index in [0.717, 1.165) is 22.4 Å². The molecule has 4 rings (SSSR count). The van der Waals surface area contributed by atoms with Crippen LogP contribution in [-0.2, 0) is 29.6 Å². The number of carbonyl (C=O) groups is 2. The van der Waals surface area contributed by atoms with Crippen molar-refractivity contribution >= 4 is 23.5 Å². The van der Waals surface area contributed by atoms with Gasteiger partial charge in [-0.3, -0.25) is 9.59 Å². The van der Waals surface area contributed by atoms with Gasteiger partial charge in [0.2, 0.25) is 0 Å². The predicted octanol–water partition coefficient (Wildman–Crippen LogP) is 6.30. The highest BCUT2D eigenvalue weighted by Gasteiger charge is 2.35. The largest absolute Gasteiger partial charge is 0.487 e. The molecular formula is C30H32ClNO4. The Kier molecular flexibility index (Phi) is 7.14. The van der Waals surface area contributed by atoms with E-state index in [1.165, 1.54) is 10.5 Å². The number of carbonyl (C=O) groups excluding carboxylic acids is 1. The molecule has 5 nitrogen and oxygen atoms in total. The number of ether oxygens (including phenoxy) is 1. The van der Waals surface area contributed by atoms with Crippen molar-refractivity contribution < 1.29 is 19.4 Å². The molecule has 36 heavy (non-hydrogen) atoms. The predicted molar refractivity (Wildman–Crippen MR) is 142 cm³/mol. The van der Waals surface area contributed by atoms with Crippen molar-refractivity contribution in [2.45, 2.75) is 58.1 Å². The Morgan fingerprint density at radius 3 is 2.39 bits per heavy atom. The maximum atomic E-state index is 13.4.